The monoisotopic (exact) mass is 584 g/mol. The van der Waals surface area contributed by atoms with Gasteiger partial charge in [-0.3, -0.25) is 9.78 Å². The summed E-state index contributed by atoms with van der Waals surface area (Å²) in [4.78, 5) is 43.7. The lowest BCUT2D eigenvalue weighted by atomic mass is 9.98. The predicted octanol–water partition coefficient (Wildman–Crippen LogP) is 6.08. The molecule has 0 atom stereocenters. The number of hydrogen-bond donors (Lipinski definition) is 2. The number of hydrogen-bond acceptors (Lipinski definition) is 6. The first-order valence-corrected chi connectivity index (χ1v) is 13.2. The molecule has 1 aliphatic heterocycles. The van der Waals surface area contributed by atoms with Gasteiger partial charge in [-0.05, 0) is 75.2 Å². The number of amides is 2. The predicted molar refractivity (Wildman–Crippen MR) is 151 cm³/mol. The van der Waals surface area contributed by atoms with Crippen LogP contribution in [0.2, 0.25) is 0 Å². The quantitative estimate of drug-likeness (QED) is 0.374. The van der Waals surface area contributed by atoms with Crippen LogP contribution in [-0.4, -0.2) is 64.7 Å². The highest BCUT2D eigenvalue weighted by Gasteiger charge is 2.36. The summed E-state index contributed by atoms with van der Waals surface area (Å²) >= 11 is 0. The highest BCUT2D eigenvalue weighted by atomic mass is 19.4. The third-order valence-corrected chi connectivity index (χ3v) is 6.63. The molecule has 4 rings (SSSR count). The number of aromatic carboxylic acids is 1. The minimum absolute atomic E-state index is 0.0206. The van der Waals surface area contributed by atoms with Gasteiger partial charge in [0.05, 0.1) is 11.1 Å². The van der Waals surface area contributed by atoms with E-state index in [9.17, 15) is 32.7 Å². The average molecular weight is 585 g/mol. The van der Waals surface area contributed by atoms with Crippen molar-refractivity contribution >= 4 is 29.3 Å². The van der Waals surface area contributed by atoms with Crippen LogP contribution in [0.1, 0.15) is 52.6 Å². The Hall–Kier alpha value is -4.61. The molecule has 0 unspecified atom stereocenters. The number of carboxylic acids is 1. The third-order valence-electron chi connectivity index (χ3n) is 6.63. The summed E-state index contributed by atoms with van der Waals surface area (Å²) in [6.07, 6.45) is -2.53. The molecule has 0 radical (unpaired) electrons. The summed E-state index contributed by atoms with van der Waals surface area (Å²) in [5, 5.41) is 11.8. The zero-order chi connectivity index (χ0) is 30.8. The van der Waals surface area contributed by atoms with Crippen LogP contribution in [0.4, 0.5) is 29.3 Å². The molecule has 0 aliphatic carbocycles. The van der Waals surface area contributed by atoms with Gasteiger partial charge in [-0.2, -0.15) is 13.2 Å². The lowest BCUT2D eigenvalue weighted by Gasteiger charge is -2.37. The first kappa shape index (κ1) is 30.4. The Bertz CT molecular complexity index is 1510. The average Bonchev–Trinajstić information content (AvgIpc) is 2.92. The van der Waals surface area contributed by atoms with Gasteiger partial charge >= 0.3 is 18.2 Å². The van der Waals surface area contributed by atoms with Crippen LogP contribution < -0.4 is 10.2 Å². The van der Waals surface area contributed by atoms with Crippen molar-refractivity contribution in [2.24, 2.45) is 0 Å². The molecule has 9 nitrogen and oxygen atoms in total. The SMILES string of the molecule is Cc1ccc(C(=O)Nc2ccc(N3CCN(C(=O)OC(C)(C)C)CC3)c(C(F)(F)F)c2)cc1-c1cncc(C(=O)O)c1. The van der Waals surface area contributed by atoms with Crippen LogP contribution in [0.15, 0.2) is 54.9 Å². The molecular formula is C30H31F3N4O5. The number of alkyl halides is 3. The Labute approximate surface area is 240 Å². The summed E-state index contributed by atoms with van der Waals surface area (Å²) in [5.74, 6) is -1.78. The molecule has 1 aliphatic rings. The minimum atomic E-state index is -4.70. The first-order valence-electron chi connectivity index (χ1n) is 13.2. The highest BCUT2D eigenvalue weighted by Crippen LogP contribution is 2.39. The minimum Gasteiger partial charge on any atom is -0.478 e. The van der Waals surface area contributed by atoms with E-state index < -0.39 is 35.3 Å². The van der Waals surface area contributed by atoms with Crippen molar-refractivity contribution in [3.8, 4) is 11.1 Å². The van der Waals surface area contributed by atoms with Crippen molar-refractivity contribution in [2.45, 2.75) is 39.5 Å². The van der Waals surface area contributed by atoms with Crippen LogP contribution in [-0.2, 0) is 10.9 Å². The van der Waals surface area contributed by atoms with Crippen LogP contribution in [0.25, 0.3) is 11.1 Å². The van der Waals surface area contributed by atoms with E-state index >= 15 is 0 Å². The van der Waals surface area contributed by atoms with Crippen LogP contribution >= 0.6 is 0 Å². The van der Waals surface area contributed by atoms with Crippen molar-refractivity contribution in [3.05, 3.63) is 77.1 Å². The third kappa shape index (κ3) is 7.17. The molecular weight excluding hydrogens is 553 g/mol. The lowest BCUT2D eigenvalue weighted by molar-refractivity contribution is -0.137. The summed E-state index contributed by atoms with van der Waals surface area (Å²) in [6.45, 7) is 7.77. The number of nitrogens with one attached hydrogen (secondary N) is 1. The molecule has 2 N–H and O–H groups in total. The molecule has 1 saturated heterocycles. The Balaban J connectivity index is 1.53. The number of ether oxygens (including phenoxy) is 1. The van der Waals surface area contributed by atoms with Gasteiger partial charge in [0.2, 0.25) is 0 Å². The van der Waals surface area contributed by atoms with E-state index in [-0.39, 0.29) is 48.7 Å². The van der Waals surface area contributed by atoms with Crippen LogP contribution in [0.5, 0.6) is 0 Å². The van der Waals surface area contributed by atoms with E-state index in [1.165, 1.54) is 47.6 Å². The molecule has 0 bridgehead atoms. The van der Waals surface area contributed by atoms with Gasteiger partial charge < -0.3 is 25.0 Å². The largest absolute Gasteiger partial charge is 0.478 e. The highest BCUT2D eigenvalue weighted by molar-refractivity contribution is 6.05. The fourth-order valence-electron chi connectivity index (χ4n) is 4.55. The number of halogens is 3. The number of rotatable bonds is 5. The summed E-state index contributed by atoms with van der Waals surface area (Å²) in [7, 11) is 0. The van der Waals surface area contributed by atoms with Crippen molar-refractivity contribution in [1.29, 1.82) is 0 Å². The standard InChI is InChI=1S/C30H31F3N4O5/c1-18-5-6-19(14-23(18)20-13-21(27(39)40)17-34-16-20)26(38)35-22-7-8-25(24(15-22)30(31,32)33)36-9-11-37(12-10-36)28(41)42-29(2,3)4/h5-8,13-17H,9-12H2,1-4H3,(H,35,38)(H,39,40). The van der Waals surface area contributed by atoms with Crippen molar-refractivity contribution < 1.29 is 37.4 Å². The van der Waals surface area contributed by atoms with Crippen LogP contribution in [0.3, 0.4) is 0 Å². The van der Waals surface area contributed by atoms with Crippen molar-refractivity contribution in [2.75, 3.05) is 36.4 Å². The maximum Gasteiger partial charge on any atom is 0.418 e. The Kier molecular flexibility index (Phi) is 8.46. The zero-order valence-electron chi connectivity index (χ0n) is 23.6. The molecule has 3 aromatic rings. The van der Waals surface area contributed by atoms with Gasteiger partial charge in [0, 0.05) is 61.1 Å². The molecule has 2 heterocycles. The van der Waals surface area contributed by atoms with E-state index in [1.54, 1.807) is 38.7 Å². The Morgan fingerprint density at radius 2 is 1.62 bits per heavy atom. The van der Waals surface area contributed by atoms with Gasteiger partial charge in [-0.25, -0.2) is 9.59 Å². The summed E-state index contributed by atoms with van der Waals surface area (Å²) < 4.78 is 47.8. The number of benzene rings is 2. The molecule has 0 spiro atoms. The van der Waals surface area contributed by atoms with E-state index in [2.05, 4.69) is 10.3 Å². The van der Waals surface area contributed by atoms with Gasteiger partial charge in [0.1, 0.15) is 5.60 Å². The number of carbonyl (C=O) groups is 3. The first-order chi connectivity index (χ1) is 19.6. The molecule has 42 heavy (non-hydrogen) atoms. The number of aryl methyl sites for hydroxylation is 1. The second kappa shape index (κ2) is 11.7. The molecule has 12 heteroatoms. The second-order valence-corrected chi connectivity index (χ2v) is 10.9. The number of aromatic nitrogens is 1. The van der Waals surface area contributed by atoms with Gasteiger partial charge in [0.25, 0.3) is 5.91 Å². The van der Waals surface area contributed by atoms with Crippen molar-refractivity contribution in [3.63, 3.8) is 0 Å². The molecule has 1 aromatic heterocycles. The normalized spacial score (nSPS) is 14.0. The summed E-state index contributed by atoms with van der Waals surface area (Å²) in [6, 6.07) is 9.77. The smallest absolute Gasteiger partial charge is 0.418 e. The fraction of sp³-hybridized carbons (Fsp3) is 0.333. The fourth-order valence-corrected chi connectivity index (χ4v) is 4.55. The van der Waals surface area contributed by atoms with Crippen molar-refractivity contribution in [1.82, 2.24) is 9.88 Å². The topological polar surface area (TPSA) is 112 Å². The number of carboxylic acid groups (broad SMARTS) is 1. The van der Waals surface area contributed by atoms with Gasteiger partial charge in [0.15, 0.2) is 0 Å². The number of nitrogens with zero attached hydrogens (tertiary/aromatic N) is 3. The van der Waals surface area contributed by atoms with E-state index in [1.807, 2.05) is 0 Å². The molecule has 222 valence electrons. The Morgan fingerprint density at radius 1 is 0.929 bits per heavy atom. The molecule has 2 amide bonds. The number of pyridine rings is 1. The van der Waals surface area contributed by atoms with Crippen LogP contribution in [0, 0.1) is 6.92 Å². The van der Waals surface area contributed by atoms with E-state index in [4.69, 9.17) is 4.74 Å². The Morgan fingerprint density at radius 3 is 2.24 bits per heavy atom. The maximum absolute atomic E-state index is 14.1. The maximum atomic E-state index is 14.1. The molecule has 0 saturated carbocycles. The lowest BCUT2D eigenvalue weighted by Crippen LogP contribution is -2.50. The van der Waals surface area contributed by atoms with E-state index in [0.29, 0.717) is 11.1 Å². The molecule has 1 fully saturated rings. The number of carbonyl (C=O) groups excluding carboxylic acids is 2. The zero-order valence-corrected chi connectivity index (χ0v) is 23.6. The van der Waals surface area contributed by atoms with Gasteiger partial charge in [-0.1, -0.05) is 6.07 Å². The number of anilines is 2. The molecule has 2 aromatic carbocycles. The van der Waals surface area contributed by atoms with E-state index in [0.717, 1.165) is 11.6 Å². The van der Waals surface area contributed by atoms with Gasteiger partial charge in [-0.15, -0.1) is 0 Å². The number of piperazine rings is 1. The second-order valence-electron chi connectivity index (χ2n) is 10.9. The summed E-state index contributed by atoms with van der Waals surface area (Å²) in [5.41, 5.74) is 0.278.